The first-order valence-corrected chi connectivity index (χ1v) is 17.4. The van der Waals surface area contributed by atoms with Crippen LogP contribution in [0, 0.1) is 21.7 Å². The van der Waals surface area contributed by atoms with Gasteiger partial charge in [-0.25, -0.2) is 0 Å². The molecule has 0 aliphatic carbocycles. The van der Waals surface area contributed by atoms with Gasteiger partial charge in [-0.3, -0.25) is 19.6 Å². The predicted octanol–water partition coefficient (Wildman–Crippen LogP) is 9.98. The second-order valence-corrected chi connectivity index (χ2v) is 18.6. The Labute approximate surface area is 293 Å². The van der Waals surface area contributed by atoms with Crippen molar-refractivity contribution in [3.05, 3.63) is 58.7 Å². The average Bonchev–Trinajstić information content (AvgIpc) is 3.21. The lowest BCUT2D eigenvalue weighted by molar-refractivity contribution is -0.122. The van der Waals surface area contributed by atoms with Crippen LogP contribution in [-0.2, 0) is 22.4 Å². The maximum absolute atomic E-state index is 12.8. The van der Waals surface area contributed by atoms with E-state index < -0.39 is 0 Å². The van der Waals surface area contributed by atoms with E-state index in [1.807, 2.05) is 34.4 Å². The third kappa shape index (κ3) is 11.1. The number of para-hydroxylation sites is 2. The topological polar surface area (TPSA) is 65.3 Å². The number of aryl methyl sites for hydroxylation is 1. The highest BCUT2D eigenvalue weighted by atomic mass is 16.2. The maximum atomic E-state index is 12.8. The number of benzene rings is 2. The van der Waals surface area contributed by atoms with E-state index in [4.69, 9.17) is 0 Å². The first-order valence-electron chi connectivity index (χ1n) is 17.4. The summed E-state index contributed by atoms with van der Waals surface area (Å²) in [5.74, 6) is 0.289. The summed E-state index contributed by atoms with van der Waals surface area (Å²) < 4.78 is 0. The zero-order valence-electron chi connectivity index (χ0n) is 31.9. The molecule has 2 atom stereocenters. The molecule has 6 heteroatoms. The summed E-state index contributed by atoms with van der Waals surface area (Å²) in [5.41, 5.74) is 7.58. The van der Waals surface area contributed by atoms with E-state index in [1.54, 1.807) is 0 Å². The van der Waals surface area contributed by atoms with Crippen molar-refractivity contribution in [2.24, 2.45) is 31.6 Å². The normalized spacial score (nSPS) is 19.5. The standard InChI is InChI=1S/C16H20N2O.C15H18N2O.2C5H12.CH4/c1-16(2,3)14-15(19)18-9-5-8-11-6-4-7-12(10-17-14)13(11)18;1-15(2,3)13-14(18)17-8-7-10-5-4-6-11(9-16-13)12(10)17;2*1-5(2,3)4;/h4,6-7,10,14H,5,8-9H2,1-3H3;4-6,9,13H,7-8H2,1-3H3;2*1-4H3;1H4. The van der Waals surface area contributed by atoms with E-state index in [-0.39, 0.29) is 42.2 Å². The number of aliphatic imine (C=N–C) groups is 2. The Morgan fingerprint density at radius 1 is 0.562 bits per heavy atom. The van der Waals surface area contributed by atoms with Crippen molar-refractivity contribution in [1.82, 2.24) is 0 Å². The number of anilines is 2. The van der Waals surface area contributed by atoms with E-state index in [1.165, 1.54) is 11.1 Å². The van der Waals surface area contributed by atoms with Gasteiger partial charge in [0.05, 0.1) is 11.4 Å². The molecule has 0 saturated heterocycles. The van der Waals surface area contributed by atoms with Crippen LogP contribution in [0.4, 0.5) is 11.4 Å². The smallest absolute Gasteiger partial charge is 0.252 e. The van der Waals surface area contributed by atoms with Crippen molar-refractivity contribution < 1.29 is 9.59 Å². The van der Waals surface area contributed by atoms with Crippen molar-refractivity contribution in [2.45, 2.75) is 136 Å². The van der Waals surface area contributed by atoms with Crippen LogP contribution < -0.4 is 9.80 Å². The second-order valence-electron chi connectivity index (χ2n) is 18.6. The van der Waals surface area contributed by atoms with Gasteiger partial charge in [-0.1, -0.05) is 141 Å². The van der Waals surface area contributed by atoms with Crippen LogP contribution in [0.5, 0.6) is 0 Å². The minimum absolute atomic E-state index is 0. The molecule has 6 rings (SSSR count). The van der Waals surface area contributed by atoms with Crippen LogP contribution in [0.15, 0.2) is 46.4 Å². The molecular formula is C42H66N4O2. The van der Waals surface area contributed by atoms with Crippen LogP contribution in [0.2, 0.25) is 0 Å². The Morgan fingerprint density at radius 3 is 1.29 bits per heavy atom. The number of amides is 2. The molecule has 0 aromatic heterocycles. The quantitative estimate of drug-likeness (QED) is 0.283. The van der Waals surface area contributed by atoms with Gasteiger partial charge in [0.15, 0.2) is 0 Å². The molecule has 4 aliphatic heterocycles. The van der Waals surface area contributed by atoms with E-state index in [2.05, 4.69) is 131 Å². The molecule has 266 valence electrons. The number of rotatable bonds is 0. The highest BCUT2D eigenvalue weighted by molar-refractivity contribution is 6.08. The van der Waals surface area contributed by atoms with Gasteiger partial charge in [0.2, 0.25) is 0 Å². The van der Waals surface area contributed by atoms with Crippen LogP contribution in [0.3, 0.4) is 0 Å². The summed E-state index contributed by atoms with van der Waals surface area (Å²) in [5, 5.41) is 0. The minimum Gasteiger partial charge on any atom is -0.310 e. The molecule has 4 aliphatic rings. The number of hydrogen-bond donors (Lipinski definition) is 0. The lowest BCUT2D eigenvalue weighted by Gasteiger charge is -2.34. The summed E-state index contributed by atoms with van der Waals surface area (Å²) in [6.45, 7) is 31.6. The van der Waals surface area contributed by atoms with Crippen molar-refractivity contribution in [3.8, 4) is 0 Å². The Bertz CT molecular complexity index is 1450. The Kier molecular flexibility index (Phi) is 13.2. The van der Waals surface area contributed by atoms with E-state index in [0.717, 1.165) is 54.9 Å². The van der Waals surface area contributed by atoms with Gasteiger partial charge in [-0.15, -0.1) is 0 Å². The maximum Gasteiger partial charge on any atom is 0.252 e. The van der Waals surface area contributed by atoms with Crippen molar-refractivity contribution in [2.75, 3.05) is 22.9 Å². The number of hydrogen-bond acceptors (Lipinski definition) is 4. The van der Waals surface area contributed by atoms with E-state index in [9.17, 15) is 9.59 Å². The predicted molar refractivity (Wildman–Crippen MR) is 208 cm³/mol. The Hall–Kier alpha value is -3.28. The van der Waals surface area contributed by atoms with Gasteiger partial charge in [-0.2, -0.15) is 0 Å². The minimum atomic E-state index is -0.286. The first kappa shape index (κ1) is 40.9. The van der Waals surface area contributed by atoms with Gasteiger partial charge in [0.1, 0.15) is 12.1 Å². The largest absolute Gasteiger partial charge is 0.310 e. The summed E-state index contributed by atoms with van der Waals surface area (Å²) in [7, 11) is 0. The molecular weight excluding hydrogens is 592 g/mol. The monoisotopic (exact) mass is 659 g/mol. The molecule has 48 heavy (non-hydrogen) atoms. The fraction of sp³-hybridized carbons (Fsp3) is 0.619. The average molecular weight is 659 g/mol. The number of nitrogens with zero attached hydrogens (tertiary/aromatic N) is 4. The molecule has 0 N–H and O–H groups in total. The first-order chi connectivity index (χ1) is 21.5. The molecule has 2 aromatic carbocycles. The Morgan fingerprint density at radius 2 is 0.917 bits per heavy atom. The van der Waals surface area contributed by atoms with Gasteiger partial charge in [-0.05, 0) is 52.0 Å². The molecule has 0 saturated carbocycles. The van der Waals surface area contributed by atoms with Gasteiger partial charge >= 0.3 is 0 Å². The molecule has 0 radical (unpaired) electrons. The summed E-state index contributed by atoms with van der Waals surface area (Å²) in [6.07, 6.45) is 6.82. The van der Waals surface area contributed by atoms with Crippen molar-refractivity contribution in [3.63, 3.8) is 0 Å². The molecule has 2 amide bonds. The molecule has 0 fully saturated rings. The molecule has 0 spiro atoms. The molecule has 6 nitrogen and oxygen atoms in total. The lowest BCUT2D eigenvalue weighted by atomic mass is 9.86. The summed E-state index contributed by atoms with van der Waals surface area (Å²) in [4.78, 5) is 38.4. The molecule has 0 bridgehead atoms. The fourth-order valence-electron chi connectivity index (χ4n) is 5.74. The summed E-state index contributed by atoms with van der Waals surface area (Å²) >= 11 is 0. The van der Waals surface area contributed by atoms with Crippen molar-refractivity contribution >= 4 is 35.6 Å². The van der Waals surface area contributed by atoms with E-state index >= 15 is 0 Å². The SMILES string of the molecule is C.CC(C)(C)C.CC(C)(C)C.CC(C)(C)C1N=Cc2cccc3c2N(CC3)C1=O.CC(C)(C)C1N=Cc2cccc3c2N(CCC3)C1=O. The fourth-order valence-corrected chi connectivity index (χ4v) is 5.74. The van der Waals surface area contributed by atoms with Crippen LogP contribution in [-0.4, -0.2) is 49.4 Å². The second kappa shape index (κ2) is 15.5. The molecule has 4 heterocycles. The third-order valence-corrected chi connectivity index (χ3v) is 7.64. The highest BCUT2D eigenvalue weighted by Crippen LogP contribution is 2.37. The summed E-state index contributed by atoms with van der Waals surface area (Å²) in [6, 6.07) is 11.9. The van der Waals surface area contributed by atoms with E-state index in [0.29, 0.717) is 10.8 Å². The zero-order chi connectivity index (χ0) is 35.5. The van der Waals surface area contributed by atoms with Crippen LogP contribution in [0.25, 0.3) is 0 Å². The third-order valence-electron chi connectivity index (χ3n) is 7.64. The number of carbonyl (C=O) groups is 2. The highest BCUT2D eigenvalue weighted by Gasteiger charge is 2.40. The molecule has 2 aromatic rings. The van der Waals surface area contributed by atoms with Crippen LogP contribution >= 0.6 is 0 Å². The number of carbonyl (C=O) groups excluding carboxylic acids is 2. The van der Waals surface area contributed by atoms with Crippen LogP contribution in [0.1, 0.15) is 133 Å². The zero-order valence-corrected chi connectivity index (χ0v) is 31.9. The van der Waals surface area contributed by atoms with Crippen molar-refractivity contribution in [1.29, 1.82) is 0 Å². The Balaban J connectivity index is 0.000000258. The van der Waals surface area contributed by atoms with Gasteiger partial charge in [0, 0.05) is 36.6 Å². The van der Waals surface area contributed by atoms with Gasteiger partial charge < -0.3 is 9.80 Å². The molecule has 2 unspecified atom stereocenters. The lowest BCUT2D eigenvalue weighted by Crippen LogP contribution is -2.45. The van der Waals surface area contributed by atoms with Gasteiger partial charge in [0.25, 0.3) is 11.8 Å².